The van der Waals surface area contributed by atoms with Gasteiger partial charge in [-0.05, 0) is 30.5 Å². The molecule has 0 bridgehead atoms. The zero-order valence-corrected chi connectivity index (χ0v) is 11.1. The molecular weight excluding hydrogens is 260 g/mol. The van der Waals surface area contributed by atoms with E-state index in [4.69, 9.17) is 5.11 Å². The molecule has 1 aliphatic heterocycles. The zero-order valence-electron chi connectivity index (χ0n) is 11.1. The second-order valence-electron chi connectivity index (χ2n) is 4.84. The van der Waals surface area contributed by atoms with Crippen molar-refractivity contribution in [1.29, 1.82) is 0 Å². The summed E-state index contributed by atoms with van der Waals surface area (Å²) in [6, 6.07) is 4.50. The van der Waals surface area contributed by atoms with E-state index in [-0.39, 0.29) is 18.2 Å². The van der Waals surface area contributed by atoms with Crippen molar-refractivity contribution in [2.24, 2.45) is 0 Å². The van der Waals surface area contributed by atoms with Crippen molar-refractivity contribution in [3.8, 4) is 0 Å². The average molecular weight is 276 g/mol. The Hall–Kier alpha value is -2.37. The van der Waals surface area contributed by atoms with Gasteiger partial charge in [0, 0.05) is 12.1 Å². The van der Waals surface area contributed by atoms with E-state index in [9.17, 15) is 14.4 Å². The lowest BCUT2D eigenvalue weighted by atomic mass is 9.99. The number of rotatable bonds is 4. The van der Waals surface area contributed by atoms with Gasteiger partial charge in [0.15, 0.2) is 0 Å². The molecule has 0 aliphatic carbocycles. The third kappa shape index (κ3) is 3.34. The Balaban J connectivity index is 2.02. The minimum absolute atomic E-state index is 0.00160. The van der Waals surface area contributed by atoms with Crippen LogP contribution in [0.3, 0.4) is 0 Å². The van der Waals surface area contributed by atoms with Gasteiger partial charge in [0.25, 0.3) is 0 Å². The van der Waals surface area contributed by atoms with Gasteiger partial charge in [-0.15, -0.1) is 0 Å². The van der Waals surface area contributed by atoms with Crippen molar-refractivity contribution in [3.05, 3.63) is 29.3 Å². The van der Waals surface area contributed by atoms with Crippen LogP contribution in [0.25, 0.3) is 0 Å². The minimum atomic E-state index is -1.06. The van der Waals surface area contributed by atoms with Gasteiger partial charge in [0.2, 0.25) is 11.8 Å². The average Bonchev–Trinajstić information content (AvgIpc) is 2.38. The van der Waals surface area contributed by atoms with E-state index < -0.39 is 12.0 Å². The van der Waals surface area contributed by atoms with Crippen LogP contribution in [0.15, 0.2) is 18.2 Å². The molecule has 1 aromatic carbocycles. The molecule has 20 heavy (non-hydrogen) atoms. The Morgan fingerprint density at radius 3 is 2.85 bits per heavy atom. The van der Waals surface area contributed by atoms with Gasteiger partial charge >= 0.3 is 5.97 Å². The molecule has 1 aromatic rings. The van der Waals surface area contributed by atoms with Crippen LogP contribution in [0, 0.1) is 0 Å². The lowest BCUT2D eigenvalue weighted by molar-refractivity contribution is -0.141. The summed E-state index contributed by atoms with van der Waals surface area (Å²) >= 11 is 0. The van der Waals surface area contributed by atoms with Crippen LogP contribution < -0.4 is 10.6 Å². The Morgan fingerprint density at radius 1 is 1.40 bits per heavy atom. The molecule has 1 heterocycles. The van der Waals surface area contributed by atoms with Crippen molar-refractivity contribution < 1.29 is 19.5 Å². The molecule has 6 nitrogen and oxygen atoms in total. The molecule has 2 rings (SSSR count). The van der Waals surface area contributed by atoms with Gasteiger partial charge in [0.05, 0.1) is 6.42 Å². The SMILES string of the molecule is CC(NC(=O)Cc1ccc2c(c1)CCC(=O)N2)C(=O)O. The lowest BCUT2D eigenvalue weighted by Gasteiger charge is -2.17. The molecule has 0 spiro atoms. The topological polar surface area (TPSA) is 95.5 Å². The third-order valence-electron chi connectivity index (χ3n) is 3.18. The highest BCUT2D eigenvalue weighted by atomic mass is 16.4. The molecule has 1 aliphatic rings. The highest BCUT2D eigenvalue weighted by Gasteiger charge is 2.17. The minimum Gasteiger partial charge on any atom is -0.480 e. The summed E-state index contributed by atoms with van der Waals surface area (Å²) in [4.78, 5) is 33.6. The van der Waals surface area contributed by atoms with Crippen LogP contribution in [0.5, 0.6) is 0 Å². The number of benzene rings is 1. The quantitative estimate of drug-likeness (QED) is 0.754. The summed E-state index contributed by atoms with van der Waals surface area (Å²) in [5.41, 5.74) is 2.58. The predicted octanol–water partition coefficient (Wildman–Crippen LogP) is 0.703. The molecule has 2 amide bonds. The van der Waals surface area contributed by atoms with Crippen LogP contribution in [0.4, 0.5) is 5.69 Å². The van der Waals surface area contributed by atoms with Crippen LogP contribution in [-0.2, 0) is 27.2 Å². The number of carboxylic acid groups (broad SMARTS) is 1. The molecular formula is C14H16N2O4. The van der Waals surface area contributed by atoms with Crippen molar-refractivity contribution in [2.75, 3.05) is 5.32 Å². The van der Waals surface area contributed by atoms with E-state index in [0.29, 0.717) is 12.8 Å². The highest BCUT2D eigenvalue weighted by Crippen LogP contribution is 2.23. The number of nitrogens with one attached hydrogen (secondary N) is 2. The summed E-state index contributed by atoms with van der Waals surface area (Å²) in [6.45, 7) is 1.42. The molecule has 3 N–H and O–H groups in total. The fourth-order valence-electron chi connectivity index (χ4n) is 2.09. The van der Waals surface area contributed by atoms with Crippen molar-refractivity contribution in [1.82, 2.24) is 5.32 Å². The molecule has 0 aromatic heterocycles. The molecule has 0 saturated carbocycles. The van der Waals surface area contributed by atoms with E-state index in [0.717, 1.165) is 16.8 Å². The highest BCUT2D eigenvalue weighted by molar-refractivity contribution is 5.94. The monoisotopic (exact) mass is 276 g/mol. The summed E-state index contributed by atoms with van der Waals surface area (Å²) in [5.74, 6) is -1.40. The fourth-order valence-corrected chi connectivity index (χ4v) is 2.09. The van der Waals surface area contributed by atoms with Gasteiger partial charge in [-0.3, -0.25) is 14.4 Å². The molecule has 0 saturated heterocycles. The predicted molar refractivity (Wildman–Crippen MR) is 72.3 cm³/mol. The van der Waals surface area contributed by atoms with Gasteiger partial charge in [-0.2, -0.15) is 0 Å². The third-order valence-corrected chi connectivity index (χ3v) is 3.18. The van der Waals surface area contributed by atoms with Gasteiger partial charge < -0.3 is 15.7 Å². The van der Waals surface area contributed by atoms with Crippen LogP contribution in [0.2, 0.25) is 0 Å². The molecule has 106 valence electrons. The fraction of sp³-hybridized carbons (Fsp3) is 0.357. The Kier molecular flexibility index (Phi) is 4.02. The van der Waals surface area contributed by atoms with Crippen molar-refractivity contribution in [2.45, 2.75) is 32.2 Å². The van der Waals surface area contributed by atoms with Crippen LogP contribution in [0.1, 0.15) is 24.5 Å². The van der Waals surface area contributed by atoms with Gasteiger partial charge in [0.1, 0.15) is 6.04 Å². The van der Waals surface area contributed by atoms with Gasteiger partial charge in [-0.1, -0.05) is 12.1 Å². The molecule has 1 atom stereocenters. The maximum absolute atomic E-state index is 11.7. The largest absolute Gasteiger partial charge is 0.480 e. The number of hydrogen-bond acceptors (Lipinski definition) is 3. The maximum Gasteiger partial charge on any atom is 0.325 e. The number of amides is 2. The first kappa shape index (κ1) is 14.0. The maximum atomic E-state index is 11.7. The summed E-state index contributed by atoms with van der Waals surface area (Å²) in [6.07, 6.45) is 1.22. The zero-order chi connectivity index (χ0) is 14.7. The number of aliphatic carboxylic acids is 1. The summed E-state index contributed by atoms with van der Waals surface area (Å²) in [7, 11) is 0. The van der Waals surface area contributed by atoms with Gasteiger partial charge in [-0.25, -0.2) is 0 Å². The standard InChI is InChI=1S/C14H16N2O4/c1-8(14(19)20)15-13(18)7-9-2-4-11-10(6-9)3-5-12(17)16-11/h2,4,6,8H,3,5,7H2,1H3,(H,15,18)(H,16,17)(H,19,20). The smallest absolute Gasteiger partial charge is 0.325 e. The van der Waals surface area contributed by atoms with E-state index in [1.54, 1.807) is 12.1 Å². The number of aryl methyl sites for hydroxylation is 1. The molecule has 0 fully saturated rings. The normalized spacial score (nSPS) is 14.9. The lowest BCUT2D eigenvalue weighted by Crippen LogP contribution is -2.39. The number of carbonyl (C=O) groups is 3. The van der Waals surface area contributed by atoms with Crippen LogP contribution in [-0.4, -0.2) is 28.9 Å². The first-order chi connectivity index (χ1) is 9.45. The Morgan fingerprint density at radius 2 is 2.15 bits per heavy atom. The number of carbonyl (C=O) groups excluding carboxylic acids is 2. The first-order valence-corrected chi connectivity index (χ1v) is 6.39. The molecule has 0 radical (unpaired) electrons. The summed E-state index contributed by atoms with van der Waals surface area (Å²) < 4.78 is 0. The second kappa shape index (κ2) is 5.73. The Labute approximate surface area is 116 Å². The molecule has 6 heteroatoms. The van der Waals surface area contributed by atoms with Crippen molar-refractivity contribution in [3.63, 3.8) is 0 Å². The molecule has 1 unspecified atom stereocenters. The van der Waals surface area contributed by atoms with Crippen LogP contribution >= 0.6 is 0 Å². The first-order valence-electron chi connectivity index (χ1n) is 6.39. The number of fused-ring (bicyclic) bond motifs is 1. The van der Waals surface area contributed by atoms with E-state index in [1.807, 2.05) is 6.07 Å². The van der Waals surface area contributed by atoms with E-state index in [2.05, 4.69) is 10.6 Å². The van der Waals surface area contributed by atoms with E-state index in [1.165, 1.54) is 6.92 Å². The number of anilines is 1. The van der Waals surface area contributed by atoms with E-state index >= 15 is 0 Å². The number of carboxylic acids is 1. The van der Waals surface area contributed by atoms with Crippen molar-refractivity contribution >= 4 is 23.5 Å². The summed E-state index contributed by atoms with van der Waals surface area (Å²) in [5, 5.41) is 13.9. The number of hydrogen-bond donors (Lipinski definition) is 3. The Bertz CT molecular complexity index is 568. The second-order valence-corrected chi connectivity index (χ2v) is 4.84.